The molecule has 0 aliphatic carbocycles. The standard InChI is InChI=1S/C12H12FNO4S/c1-7-5-8-10(9(13)6-7)14(12(16)11(8)15)3-4-19(2,17)18/h5-6H,3-4H2,1-2H3. The van der Waals surface area contributed by atoms with Crippen molar-refractivity contribution in [2.45, 2.75) is 6.92 Å². The lowest BCUT2D eigenvalue weighted by molar-refractivity contribution is -0.114. The Labute approximate surface area is 109 Å². The zero-order chi connectivity index (χ0) is 14.4. The van der Waals surface area contributed by atoms with Crippen LogP contribution in [0.4, 0.5) is 10.1 Å². The first kappa shape index (κ1) is 13.7. The first-order valence-electron chi connectivity index (χ1n) is 5.55. The van der Waals surface area contributed by atoms with E-state index in [0.717, 1.165) is 11.2 Å². The van der Waals surface area contributed by atoms with Gasteiger partial charge in [0.25, 0.3) is 11.7 Å². The minimum Gasteiger partial charge on any atom is -0.301 e. The van der Waals surface area contributed by atoms with Crippen LogP contribution in [0.25, 0.3) is 0 Å². The quantitative estimate of drug-likeness (QED) is 0.767. The van der Waals surface area contributed by atoms with Crippen molar-refractivity contribution in [3.63, 3.8) is 0 Å². The fourth-order valence-electron chi connectivity index (χ4n) is 1.99. The molecule has 7 heteroatoms. The Morgan fingerprint density at radius 3 is 2.47 bits per heavy atom. The van der Waals surface area contributed by atoms with Crippen molar-refractivity contribution in [1.29, 1.82) is 0 Å². The van der Waals surface area contributed by atoms with E-state index in [1.165, 1.54) is 12.1 Å². The molecule has 0 aromatic heterocycles. The van der Waals surface area contributed by atoms with Crippen LogP contribution in [-0.2, 0) is 14.6 Å². The molecule has 0 N–H and O–H groups in total. The fraction of sp³-hybridized carbons (Fsp3) is 0.333. The topological polar surface area (TPSA) is 71.5 Å². The van der Waals surface area contributed by atoms with Gasteiger partial charge in [0, 0.05) is 12.8 Å². The number of anilines is 1. The van der Waals surface area contributed by atoms with Gasteiger partial charge in [0.1, 0.15) is 15.7 Å². The van der Waals surface area contributed by atoms with E-state index < -0.39 is 27.3 Å². The Kier molecular flexibility index (Phi) is 3.17. The summed E-state index contributed by atoms with van der Waals surface area (Å²) in [5.74, 6) is -2.70. The molecular formula is C12H12FNO4S. The average molecular weight is 285 g/mol. The van der Waals surface area contributed by atoms with Gasteiger partial charge in [0.05, 0.1) is 17.0 Å². The smallest absolute Gasteiger partial charge is 0.299 e. The first-order valence-corrected chi connectivity index (χ1v) is 7.61. The van der Waals surface area contributed by atoms with Crippen molar-refractivity contribution in [1.82, 2.24) is 0 Å². The highest BCUT2D eigenvalue weighted by Gasteiger charge is 2.38. The Bertz CT molecular complexity index is 681. The number of nitrogens with zero attached hydrogens (tertiary/aromatic N) is 1. The van der Waals surface area contributed by atoms with Crippen molar-refractivity contribution >= 4 is 27.2 Å². The summed E-state index contributed by atoms with van der Waals surface area (Å²) in [4.78, 5) is 24.4. The minimum atomic E-state index is -3.30. The number of hydrogen-bond donors (Lipinski definition) is 0. The number of rotatable bonds is 3. The molecule has 1 aromatic rings. The molecule has 0 unspecified atom stereocenters. The molecule has 2 rings (SSSR count). The predicted octanol–water partition coefficient (Wildman–Crippen LogP) is 0.708. The lowest BCUT2D eigenvalue weighted by Gasteiger charge is -2.16. The molecule has 0 fully saturated rings. The molecule has 0 spiro atoms. The van der Waals surface area contributed by atoms with Crippen molar-refractivity contribution in [2.75, 3.05) is 23.5 Å². The molecule has 102 valence electrons. The van der Waals surface area contributed by atoms with Crippen LogP contribution in [0, 0.1) is 12.7 Å². The zero-order valence-corrected chi connectivity index (χ0v) is 11.3. The maximum atomic E-state index is 13.9. The number of aryl methyl sites for hydroxylation is 1. The van der Waals surface area contributed by atoms with Crippen LogP contribution in [0.5, 0.6) is 0 Å². The monoisotopic (exact) mass is 285 g/mol. The summed E-state index contributed by atoms with van der Waals surface area (Å²) < 4.78 is 36.1. The third kappa shape index (κ3) is 2.51. The third-order valence-corrected chi connectivity index (χ3v) is 3.77. The van der Waals surface area contributed by atoms with E-state index in [-0.39, 0.29) is 23.5 Å². The minimum absolute atomic E-state index is 0.00370. The van der Waals surface area contributed by atoms with Gasteiger partial charge in [0.15, 0.2) is 0 Å². The van der Waals surface area contributed by atoms with Crippen LogP contribution < -0.4 is 4.90 Å². The van der Waals surface area contributed by atoms with E-state index in [0.29, 0.717) is 5.56 Å². The van der Waals surface area contributed by atoms with Gasteiger partial charge in [-0.1, -0.05) is 0 Å². The van der Waals surface area contributed by atoms with Crippen molar-refractivity contribution in [3.8, 4) is 0 Å². The summed E-state index contributed by atoms with van der Waals surface area (Å²) in [6.07, 6.45) is 1.02. The molecule has 0 radical (unpaired) electrons. The van der Waals surface area contributed by atoms with E-state index in [2.05, 4.69) is 0 Å². The molecule has 1 aromatic carbocycles. The molecule has 0 saturated carbocycles. The van der Waals surface area contributed by atoms with Gasteiger partial charge in [-0.2, -0.15) is 0 Å². The van der Waals surface area contributed by atoms with E-state index in [1.54, 1.807) is 6.92 Å². The maximum absolute atomic E-state index is 13.9. The normalized spacial score (nSPS) is 15.0. The van der Waals surface area contributed by atoms with Gasteiger partial charge >= 0.3 is 0 Å². The number of halogens is 1. The van der Waals surface area contributed by atoms with Crippen molar-refractivity contribution in [2.24, 2.45) is 0 Å². The molecule has 1 amide bonds. The average Bonchev–Trinajstić information content (AvgIpc) is 2.50. The Morgan fingerprint density at radius 1 is 1.26 bits per heavy atom. The van der Waals surface area contributed by atoms with Gasteiger partial charge in [-0.15, -0.1) is 0 Å². The summed E-state index contributed by atoms with van der Waals surface area (Å²) in [6, 6.07) is 2.64. The van der Waals surface area contributed by atoms with Crippen LogP contribution in [0.1, 0.15) is 15.9 Å². The van der Waals surface area contributed by atoms with Crippen LogP contribution >= 0.6 is 0 Å². The highest BCUT2D eigenvalue weighted by atomic mass is 32.2. The molecule has 1 heterocycles. The van der Waals surface area contributed by atoms with E-state index in [4.69, 9.17) is 0 Å². The largest absolute Gasteiger partial charge is 0.301 e. The number of sulfone groups is 1. The summed E-state index contributed by atoms with van der Waals surface area (Å²) in [5, 5.41) is 0. The maximum Gasteiger partial charge on any atom is 0.299 e. The number of benzene rings is 1. The third-order valence-electron chi connectivity index (χ3n) is 2.85. The molecule has 0 bridgehead atoms. The number of amides is 1. The first-order chi connectivity index (χ1) is 8.70. The number of Topliss-reactive ketones (excluding diaryl/α,β-unsaturated/α-hetero) is 1. The number of carbonyl (C=O) groups excluding carboxylic acids is 2. The van der Waals surface area contributed by atoms with Crippen LogP contribution in [0.2, 0.25) is 0 Å². The molecule has 1 aliphatic rings. The fourth-order valence-corrected chi connectivity index (χ4v) is 2.51. The van der Waals surface area contributed by atoms with Gasteiger partial charge in [-0.3, -0.25) is 9.59 Å². The van der Waals surface area contributed by atoms with E-state index in [1.807, 2.05) is 0 Å². The van der Waals surface area contributed by atoms with E-state index in [9.17, 15) is 22.4 Å². The second-order valence-electron chi connectivity index (χ2n) is 4.56. The Morgan fingerprint density at radius 2 is 1.89 bits per heavy atom. The lowest BCUT2D eigenvalue weighted by atomic mass is 10.1. The molecule has 1 aliphatic heterocycles. The highest BCUT2D eigenvalue weighted by molar-refractivity contribution is 7.90. The van der Waals surface area contributed by atoms with Crippen molar-refractivity contribution in [3.05, 3.63) is 29.1 Å². The summed E-state index contributed by atoms with van der Waals surface area (Å²) in [6.45, 7) is 1.39. The van der Waals surface area contributed by atoms with Gasteiger partial charge in [-0.25, -0.2) is 12.8 Å². The number of fused-ring (bicyclic) bond motifs is 1. The lowest BCUT2D eigenvalue weighted by Crippen LogP contribution is -2.34. The predicted molar refractivity (Wildman–Crippen MR) is 67.5 cm³/mol. The SMILES string of the molecule is Cc1cc(F)c2c(c1)C(=O)C(=O)N2CCS(C)(=O)=O. The van der Waals surface area contributed by atoms with Gasteiger partial charge in [0.2, 0.25) is 0 Å². The van der Waals surface area contributed by atoms with Gasteiger partial charge < -0.3 is 4.90 Å². The number of carbonyl (C=O) groups is 2. The Balaban J connectivity index is 2.44. The highest BCUT2D eigenvalue weighted by Crippen LogP contribution is 2.32. The Hall–Kier alpha value is -1.76. The van der Waals surface area contributed by atoms with Gasteiger partial charge in [-0.05, 0) is 24.6 Å². The van der Waals surface area contributed by atoms with E-state index >= 15 is 0 Å². The summed E-state index contributed by atoms with van der Waals surface area (Å²) >= 11 is 0. The number of hydrogen-bond acceptors (Lipinski definition) is 4. The molecule has 5 nitrogen and oxygen atoms in total. The van der Waals surface area contributed by atoms with Crippen molar-refractivity contribution < 1.29 is 22.4 Å². The van der Waals surface area contributed by atoms with Crippen LogP contribution in [-0.4, -0.2) is 38.7 Å². The molecule has 0 saturated heterocycles. The van der Waals surface area contributed by atoms with Crippen LogP contribution in [0.15, 0.2) is 12.1 Å². The molecule has 19 heavy (non-hydrogen) atoms. The molecule has 0 atom stereocenters. The zero-order valence-electron chi connectivity index (χ0n) is 10.4. The summed E-state index contributed by atoms with van der Waals surface area (Å²) in [7, 11) is -3.30. The number of ketones is 1. The second kappa shape index (κ2) is 4.41. The molecular weight excluding hydrogens is 273 g/mol. The van der Waals surface area contributed by atoms with Crippen LogP contribution in [0.3, 0.4) is 0 Å². The second-order valence-corrected chi connectivity index (χ2v) is 6.82. The summed E-state index contributed by atoms with van der Waals surface area (Å²) in [5.41, 5.74) is 0.405.